The van der Waals surface area contributed by atoms with Crippen molar-refractivity contribution < 1.29 is 105 Å². The van der Waals surface area contributed by atoms with E-state index in [9.17, 15) is 47.9 Å². The van der Waals surface area contributed by atoms with Gasteiger partial charge in [-0.2, -0.15) is 0 Å². The first-order valence-corrected chi connectivity index (χ1v) is 39.3. The Kier molecular flexibility index (Phi) is 35.2. The molecule has 7 rings (SSSR count). The van der Waals surface area contributed by atoms with Gasteiger partial charge in [0.15, 0.2) is 0 Å². The molecule has 0 heterocycles. The highest BCUT2D eigenvalue weighted by atomic mass is 16.5. The summed E-state index contributed by atoms with van der Waals surface area (Å²) in [5.41, 5.74) is 17.7. The minimum atomic E-state index is -1.01. The van der Waals surface area contributed by atoms with Crippen molar-refractivity contribution in [1.82, 2.24) is 43.4 Å². The molecule has 0 aliphatic heterocycles. The normalized spacial score (nSPS) is 11.0. The number of hydrogen-bond donors (Lipinski definition) is 10. The number of ether oxygens (including phenoxy) is 12. The van der Waals surface area contributed by atoms with E-state index >= 15 is 0 Å². The zero-order valence-corrected chi connectivity index (χ0v) is 71.6. The third kappa shape index (κ3) is 28.0. The predicted octanol–water partition coefficient (Wildman–Crippen LogP) is 12.8. The van der Waals surface area contributed by atoms with Crippen LogP contribution >= 0.6 is 0 Å². The van der Waals surface area contributed by atoms with E-state index in [-0.39, 0.29) is 225 Å². The number of hydrogen-bond acceptors (Lipinski definition) is 22. The van der Waals surface area contributed by atoms with Crippen molar-refractivity contribution >= 4 is 70.4 Å². The molecule has 32 heteroatoms. The Bertz CT molecular complexity index is 4520. The number of benzene rings is 7. The molecule has 0 saturated heterocycles. The van der Waals surface area contributed by atoms with E-state index in [1.54, 1.807) is 36.4 Å². The van der Waals surface area contributed by atoms with E-state index in [1.165, 1.54) is 95.2 Å². The van der Waals surface area contributed by atoms with Gasteiger partial charge < -0.3 is 67.5 Å². The lowest BCUT2D eigenvalue weighted by atomic mass is 10.1. The maximum atomic E-state index is 14.6. The van der Waals surface area contributed by atoms with Crippen LogP contribution in [0.5, 0.6) is 69.0 Å². The molecule has 0 fully saturated rings. The Morgan fingerprint density at radius 1 is 0.217 bits per heavy atom. The summed E-state index contributed by atoms with van der Waals surface area (Å²) < 4.78 is 70.6. The molecule has 7 aromatic carbocycles. The fraction of sp³-hybridized carbons (Fsp3) is 0.409. The standard InChI is InChI=1S/C88H112N10O22/c1-47(2)39-113-61-27-55(79(99)91-95-85(105)65-33-63(71(115-41-49(5)6)36-73(65)117-43-51(9)10)83(103)89-69-23-21-59(109-17)31-77(69)111-19)25-57(29-61)81(101)93-97-87(107)67-35-68(76(120-46-54(15)16)38-75(67)119-45-53(13)14)88(108)98-94-82(102)58-26-56(28-62(30-58)114-40-48(3)4)80(100)92-96-86(106)66-34-64(72(116-42-50(7)8)37-74(66)118-44-52(11)12)84(104)90-70-24-22-60(110-18)32-78(70)112-20/h21-38,47-54H,39-46H2,1-20H3,(H,89,103)(H,90,104)(H,91,99)(H,92,100)(H,93,101)(H,94,102)(H,95,105)(H,96,106)(H,97,107)(H,98,108). The van der Waals surface area contributed by atoms with Gasteiger partial charge in [-0.25, -0.2) is 0 Å². The molecule has 0 bridgehead atoms. The van der Waals surface area contributed by atoms with Gasteiger partial charge in [-0.1, -0.05) is 111 Å². The Morgan fingerprint density at radius 2 is 0.425 bits per heavy atom. The lowest BCUT2D eigenvalue weighted by Crippen LogP contribution is -2.43. The van der Waals surface area contributed by atoms with Crippen molar-refractivity contribution in [2.45, 2.75) is 111 Å². The molecule has 646 valence electrons. The molecule has 10 N–H and O–H groups in total. The maximum absolute atomic E-state index is 14.6. The molecule has 0 spiro atoms. The number of rotatable bonds is 40. The van der Waals surface area contributed by atoms with Crippen LogP contribution in [0.15, 0.2) is 109 Å². The van der Waals surface area contributed by atoms with E-state index < -0.39 is 59.1 Å². The lowest BCUT2D eigenvalue weighted by molar-refractivity contribution is 0.0836. The minimum absolute atomic E-state index is 0.0160. The summed E-state index contributed by atoms with van der Waals surface area (Å²) in [4.78, 5) is 144. The van der Waals surface area contributed by atoms with Crippen molar-refractivity contribution in [1.29, 1.82) is 0 Å². The van der Waals surface area contributed by atoms with E-state index in [0.717, 1.165) is 6.07 Å². The first kappa shape index (κ1) is 94.0. The summed E-state index contributed by atoms with van der Waals surface area (Å²) in [5.74, 6) is -7.51. The fourth-order valence-electron chi connectivity index (χ4n) is 10.6. The summed E-state index contributed by atoms with van der Waals surface area (Å²) in [6.07, 6.45) is 0. The van der Waals surface area contributed by atoms with Crippen LogP contribution in [0, 0.1) is 47.3 Å². The van der Waals surface area contributed by atoms with Gasteiger partial charge in [0.1, 0.15) is 69.0 Å². The van der Waals surface area contributed by atoms with Crippen LogP contribution in [0.2, 0.25) is 0 Å². The second-order valence-corrected chi connectivity index (χ2v) is 31.3. The zero-order valence-electron chi connectivity index (χ0n) is 71.6. The number of nitrogens with one attached hydrogen (secondary N) is 10. The molecular formula is C88H112N10O22. The quantitative estimate of drug-likeness (QED) is 0.0159. The number of carbonyl (C=O) groups excluding carboxylic acids is 10. The highest BCUT2D eigenvalue weighted by Gasteiger charge is 2.30. The van der Waals surface area contributed by atoms with Crippen LogP contribution in [0.1, 0.15) is 214 Å². The van der Waals surface area contributed by atoms with Crippen LogP contribution in [0.4, 0.5) is 11.4 Å². The van der Waals surface area contributed by atoms with Gasteiger partial charge in [0.25, 0.3) is 59.1 Å². The minimum Gasteiger partial charge on any atom is -0.497 e. The monoisotopic (exact) mass is 1660 g/mol. The molecule has 0 saturated carbocycles. The highest BCUT2D eigenvalue weighted by Crippen LogP contribution is 2.38. The zero-order chi connectivity index (χ0) is 88.2. The van der Waals surface area contributed by atoms with Crippen molar-refractivity contribution in [3.8, 4) is 69.0 Å². The number of hydrazine groups is 4. The van der Waals surface area contributed by atoms with Crippen LogP contribution in [-0.2, 0) is 0 Å². The molecule has 0 unspecified atom stereocenters. The predicted molar refractivity (Wildman–Crippen MR) is 450 cm³/mol. The molecule has 0 aromatic heterocycles. The second kappa shape index (κ2) is 45.0. The third-order valence-electron chi connectivity index (χ3n) is 16.6. The van der Waals surface area contributed by atoms with Gasteiger partial charge in [0.2, 0.25) is 0 Å². The summed E-state index contributed by atoms with van der Waals surface area (Å²) in [7, 11) is 5.83. The van der Waals surface area contributed by atoms with Crippen molar-refractivity contribution in [2.75, 3.05) is 91.9 Å². The second-order valence-electron chi connectivity index (χ2n) is 31.3. The molecule has 32 nitrogen and oxygen atoms in total. The highest BCUT2D eigenvalue weighted by molar-refractivity contribution is 6.12. The SMILES string of the molecule is COc1ccc(NC(=O)c2cc(C(=O)NNC(=O)c3cc(OCC(C)C)cc(C(=O)NNC(=O)c4cc(C(=O)NNC(=O)c5cc(OCC(C)C)cc(C(=O)NNC(=O)c6cc(C(=O)Nc7ccc(OC)cc7OC)c(OCC(C)C)cc6OCC(C)C)c5)c(OCC(C)C)cc4OCC(C)C)c3)c(OCC(C)C)cc2OCC(C)C)c(OC)c1. The first-order chi connectivity index (χ1) is 57.0. The Labute approximate surface area is 699 Å². The summed E-state index contributed by atoms with van der Waals surface area (Å²) in [6.45, 7) is 31.3. The number of carbonyl (C=O) groups is 10. The molecule has 120 heavy (non-hydrogen) atoms. The van der Waals surface area contributed by atoms with Crippen molar-refractivity contribution in [2.24, 2.45) is 47.3 Å². The van der Waals surface area contributed by atoms with E-state index in [4.69, 9.17) is 56.8 Å². The summed E-state index contributed by atoms with van der Waals surface area (Å²) in [5, 5.41) is 5.64. The van der Waals surface area contributed by atoms with Crippen LogP contribution in [0.3, 0.4) is 0 Å². The average molecular weight is 1660 g/mol. The third-order valence-corrected chi connectivity index (χ3v) is 16.6. The maximum Gasteiger partial charge on any atom is 0.273 e. The van der Waals surface area contributed by atoms with Gasteiger partial charge in [0.05, 0.1) is 126 Å². The van der Waals surface area contributed by atoms with Gasteiger partial charge in [-0.3, -0.25) is 91.4 Å². The van der Waals surface area contributed by atoms with Crippen LogP contribution < -0.4 is 111 Å². The van der Waals surface area contributed by atoms with E-state index in [1.807, 2.05) is 111 Å². The summed E-state index contributed by atoms with van der Waals surface area (Å²) in [6, 6.07) is 25.1. The van der Waals surface area contributed by atoms with Crippen LogP contribution in [-0.4, -0.2) is 140 Å². The average Bonchev–Trinajstić information content (AvgIpc) is 0.764. The smallest absolute Gasteiger partial charge is 0.273 e. The van der Waals surface area contributed by atoms with Gasteiger partial charge >= 0.3 is 0 Å². The molecule has 0 aliphatic carbocycles. The van der Waals surface area contributed by atoms with Gasteiger partial charge in [-0.15, -0.1) is 0 Å². The van der Waals surface area contributed by atoms with Crippen LogP contribution in [0.25, 0.3) is 0 Å². The molecule has 0 aliphatic rings. The largest absolute Gasteiger partial charge is 0.497 e. The fourth-order valence-corrected chi connectivity index (χ4v) is 10.6. The Hall–Kier alpha value is -13.2. The van der Waals surface area contributed by atoms with E-state index in [2.05, 4.69) is 54.0 Å². The van der Waals surface area contributed by atoms with Gasteiger partial charge in [0, 0.05) is 52.6 Å². The first-order valence-electron chi connectivity index (χ1n) is 39.3. The lowest BCUT2D eigenvalue weighted by Gasteiger charge is -2.19. The Morgan fingerprint density at radius 3 is 0.633 bits per heavy atom. The molecule has 7 aromatic rings. The summed E-state index contributed by atoms with van der Waals surface area (Å²) >= 11 is 0. The topological polar surface area (TPSA) is 402 Å². The van der Waals surface area contributed by atoms with Gasteiger partial charge in [-0.05, 0) is 126 Å². The molecule has 0 radical (unpaired) electrons. The molecule has 0 atom stereocenters. The van der Waals surface area contributed by atoms with Crippen molar-refractivity contribution in [3.05, 3.63) is 165 Å². The number of methoxy groups -OCH3 is 4. The van der Waals surface area contributed by atoms with E-state index in [0.29, 0.717) is 11.5 Å². The molecular weight excluding hydrogens is 1550 g/mol. The van der Waals surface area contributed by atoms with Crippen molar-refractivity contribution in [3.63, 3.8) is 0 Å². The molecule has 10 amide bonds. The number of amides is 10. The number of anilines is 2. The Balaban J connectivity index is 1.13.